The number of carbonyl (C=O) groups excluding carboxylic acids is 1. The zero-order valence-electron chi connectivity index (χ0n) is 13.3. The highest BCUT2D eigenvalue weighted by Crippen LogP contribution is 2.31. The SMILES string of the molecule is O=C(Nc1ncc(S)s1)N(C1CCCCC1)C1CCC(O)CC1. The molecule has 128 valence electrons. The molecule has 2 saturated carbocycles. The first kappa shape index (κ1) is 17.0. The lowest BCUT2D eigenvalue weighted by molar-refractivity contribution is 0.0645. The molecule has 0 saturated heterocycles. The molecule has 2 N–H and O–H groups in total. The number of hydrogen-bond acceptors (Lipinski definition) is 5. The Balaban J connectivity index is 1.71. The van der Waals surface area contributed by atoms with Crippen LogP contribution in [0.5, 0.6) is 0 Å². The number of aliphatic hydroxyl groups excluding tert-OH is 1. The van der Waals surface area contributed by atoms with E-state index in [4.69, 9.17) is 0 Å². The average Bonchev–Trinajstić information content (AvgIpc) is 2.95. The van der Waals surface area contributed by atoms with Gasteiger partial charge in [-0.1, -0.05) is 30.6 Å². The molecule has 23 heavy (non-hydrogen) atoms. The summed E-state index contributed by atoms with van der Waals surface area (Å²) in [5.74, 6) is 0. The Hall–Kier alpha value is -0.790. The standard InChI is InChI=1S/C16H25N3O2S2/c20-13-8-6-12(7-9-13)19(11-4-2-1-3-5-11)16(21)18-15-17-10-14(22)23-15/h10-13,20,22H,1-9H2,(H,17,18,21). The van der Waals surface area contributed by atoms with Crippen LogP contribution in [0.3, 0.4) is 0 Å². The largest absolute Gasteiger partial charge is 0.393 e. The van der Waals surface area contributed by atoms with Crippen molar-refractivity contribution in [2.75, 3.05) is 5.32 Å². The minimum absolute atomic E-state index is 0.0408. The summed E-state index contributed by atoms with van der Waals surface area (Å²) in [6.07, 6.45) is 10.7. The van der Waals surface area contributed by atoms with E-state index in [9.17, 15) is 9.90 Å². The van der Waals surface area contributed by atoms with Crippen molar-refractivity contribution in [2.24, 2.45) is 0 Å². The third kappa shape index (κ3) is 4.39. The molecular weight excluding hydrogens is 330 g/mol. The van der Waals surface area contributed by atoms with Crippen LogP contribution >= 0.6 is 24.0 Å². The summed E-state index contributed by atoms with van der Waals surface area (Å²) < 4.78 is 0.797. The van der Waals surface area contributed by atoms with Gasteiger partial charge in [0, 0.05) is 12.1 Å². The maximum atomic E-state index is 12.9. The van der Waals surface area contributed by atoms with Crippen molar-refractivity contribution in [2.45, 2.75) is 80.2 Å². The van der Waals surface area contributed by atoms with Crippen LogP contribution in [0.1, 0.15) is 57.8 Å². The lowest BCUT2D eigenvalue weighted by Crippen LogP contribution is -2.51. The van der Waals surface area contributed by atoms with Gasteiger partial charge in [-0.25, -0.2) is 9.78 Å². The van der Waals surface area contributed by atoms with E-state index in [-0.39, 0.29) is 18.2 Å². The Labute approximate surface area is 146 Å². The summed E-state index contributed by atoms with van der Waals surface area (Å²) >= 11 is 5.64. The second-order valence-corrected chi connectivity index (χ2v) is 8.41. The van der Waals surface area contributed by atoms with Gasteiger partial charge in [0.05, 0.1) is 16.5 Å². The highest BCUT2D eigenvalue weighted by molar-refractivity contribution is 7.83. The zero-order chi connectivity index (χ0) is 16.2. The molecule has 0 unspecified atom stereocenters. The fourth-order valence-electron chi connectivity index (χ4n) is 3.80. The van der Waals surface area contributed by atoms with Gasteiger partial charge >= 0.3 is 6.03 Å². The average molecular weight is 356 g/mol. The summed E-state index contributed by atoms with van der Waals surface area (Å²) in [7, 11) is 0. The lowest BCUT2D eigenvalue weighted by Gasteiger charge is -2.42. The van der Waals surface area contributed by atoms with Gasteiger partial charge in [0.15, 0.2) is 5.13 Å². The molecule has 0 spiro atoms. The van der Waals surface area contributed by atoms with E-state index in [0.717, 1.165) is 42.7 Å². The number of thiol groups is 1. The van der Waals surface area contributed by atoms with Crippen molar-refractivity contribution in [3.8, 4) is 0 Å². The Bertz CT molecular complexity index is 523. The van der Waals surface area contributed by atoms with Gasteiger partial charge in [0.2, 0.25) is 0 Å². The number of rotatable bonds is 3. The summed E-state index contributed by atoms with van der Waals surface area (Å²) in [4.78, 5) is 19.1. The number of hydrogen-bond donors (Lipinski definition) is 3. The number of amides is 2. The van der Waals surface area contributed by atoms with Crippen LogP contribution in [-0.2, 0) is 0 Å². The van der Waals surface area contributed by atoms with Crippen LogP contribution in [0.25, 0.3) is 0 Å². The number of nitrogens with zero attached hydrogens (tertiary/aromatic N) is 2. The first-order valence-electron chi connectivity index (χ1n) is 8.55. The fourth-order valence-corrected chi connectivity index (χ4v) is 4.67. The molecule has 0 bridgehead atoms. The Morgan fingerprint density at radius 3 is 2.43 bits per heavy atom. The Morgan fingerprint density at radius 2 is 1.83 bits per heavy atom. The van der Waals surface area contributed by atoms with E-state index in [0.29, 0.717) is 11.2 Å². The van der Waals surface area contributed by atoms with Crippen LogP contribution in [0.4, 0.5) is 9.93 Å². The number of nitrogens with one attached hydrogen (secondary N) is 1. The maximum Gasteiger partial charge on any atom is 0.324 e. The Kier molecular flexibility index (Phi) is 5.82. The molecule has 1 aromatic rings. The summed E-state index contributed by atoms with van der Waals surface area (Å²) in [6, 6.07) is 0.511. The summed E-state index contributed by atoms with van der Waals surface area (Å²) in [5, 5.41) is 13.3. The predicted octanol–water partition coefficient (Wildman–Crippen LogP) is 3.90. The van der Waals surface area contributed by atoms with Gasteiger partial charge in [0.25, 0.3) is 0 Å². The molecule has 0 aromatic carbocycles. The van der Waals surface area contributed by atoms with Crippen LogP contribution in [0.15, 0.2) is 10.4 Å². The highest BCUT2D eigenvalue weighted by Gasteiger charge is 2.34. The normalized spacial score (nSPS) is 26.0. The molecule has 0 aliphatic heterocycles. The second-order valence-electron chi connectivity index (χ2n) is 6.60. The topological polar surface area (TPSA) is 65.5 Å². The Morgan fingerprint density at radius 1 is 1.17 bits per heavy atom. The zero-order valence-corrected chi connectivity index (χ0v) is 15.0. The van der Waals surface area contributed by atoms with E-state index in [1.807, 2.05) is 0 Å². The van der Waals surface area contributed by atoms with Crippen LogP contribution in [-0.4, -0.2) is 39.2 Å². The van der Waals surface area contributed by atoms with Gasteiger partial charge in [-0.15, -0.1) is 12.6 Å². The molecular formula is C16H25N3O2S2. The van der Waals surface area contributed by atoms with E-state index in [1.165, 1.54) is 30.6 Å². The van der Waals surface area contributed by atoms with Gasteiger partial charge < -0.3 is 10.0 Å². The van der Waals surface area contributed by atoms with E-state index >= 15 is 0 Å². The quantitative estimate of drug-likeness (QED) is 0.721. The number of anilines is 1. The molecule has 2 amide bonds. The molecule has 0 radical (unpaired) electrons. The smallest absolute Gasteiger partial charge is 0.324 e. The molecule has 7 heteroatoms. The number of carbonyl (C=O) groups is 1. The first-order chi connectivity index (χ1) is 11.1. The third-order valence-corrected chi connectivity index (χ3v) is 6.07. The van der Waals surface area contributed by atoms with E-state index in [2.05, 4.69) is 27.8 Å². The van der Waals surface area contributed by atoms with E-state index in [1.54, 1.807) is 6.20 Å². The van der Waals surface area contributed by atoms with E-state index < -0.39 is 0 Å². The lowest BCUT2D eigenvalue weighted by atomic mass is 9.88. The number of aliphatic hydroxyl groups is 1. The molecule has 2 fully saturated rings. The minimum Gasteiger partial charge on any atom is -0.393 e. The molecule has 1 heterocycles. The van der Waals surface area contributed by atoms with Gasteiger partial charge in [-0.3, -0.25) is 5.32 Å². The van der Waals surface area contributed by atoms with Gasteiger partial charge in [-0.2, -0.15) is 0 Å². The molecule has 5 nitrogen and oxygen atoms in total. The maximum absolute atomic E-state index is 12.9. The number of thiazole rings is 1. The monoisotopic (exact) mass is 355 g/mol. The van der Waals surface area contributed by atoms with Gasteiger partial charge in [0.1, 0.15) is 0 Å². The van der Waals surface area contributed by atoms with Crippen molar-refractivity contribution in [1.82, 2.24) is 9.88 Å². The second kappa shape index (κ2) is 7.85. The number of urea groups is 1. The van der Waals surface area contributed by atoms with Crippen molar-refractivity contribution in [3.63, 3.8) is 0 Å². The molecule has 1 aromatic heterocycles. The van der Waals surface area contributed by atoms with Crippen molar-refractivity contribution in [3.05, 3.63) is 6.20 Å². The van der Waals surface area contributed by atoms with Crippen molar-refractivity contribution in [1.29, 1.82) is 0 Å². The minimum atomic E-state index is -0.201. The molecule has 3 rings (SSSR count). The third-order valence-electron chi connectivity index (χ3n) is 4.97. The van der Waals surface area contributed by atoms with Crippen molar-refractivity contribution >= 4 is 35.1 Å². The summed E-state index contributed by atoms with van der Waals surface area (Å²) in [6.45, 7) is 0. The fraction of sp³-hybridized carbons (Fsp3) is 0.750. The highest BCUT2D eigenvalue weighted by atomic mass is 32.2. The number of aromatic nitrogens is 1. The van der Waals surface area contributed by atoms with Crippen LogP contribution in [0.2, 0.25) is 0 Å². The van der Waals surface area contributed by atoms with Crippen molar-refractivity contribution < 1.29 is 9.90 Å². The summed E-state index contributed by atoms with van der Waals surface area (Å²) in [5.41, 5.74) is 0. The van der Waals surface area contributed by atoms with Crippen LogP contribution in [0, 0.1) is 0 Å². The van der Waals surface area contributed by atoms with Gasteiger partial charge in [-0.05, 0) is 38.5 Å². The first-order valence-corrected chi connectivity index (χ1v) is 9.82. The molecule has 2 aliphatic rings. The van der Waals surface area contributed by atoms with Crippen LogP contribution < -0.4 is 5.32 Å². The predicted molar refractivity (Wildman–Crippen MR) is 95.4 cm³/mol. The molecule has 0 atom stereocenters. The molecule has 2 aliphatic carbocycles.